The molecule has 0 atom stereocenters. The fourth-order valence-electron chi connectivity index (χ4n) is 5.38. The number of aromatic hydroxyl groups is 1. The van der Waals surface area contributed by atoms with Gasteiger partial charge >= 0.3 is 0 Å². The van der Waals surface area contributed by atoms with Gasteiger partial charge in [0, 0.05) is 32.8 Å². The Morgan fingerprint density at radius 1 is 0.732 bits per heavy atom. The molecule has 0 radical (unpaired) electrons. The predicted molar refractivity (Wildman–Crippen MR) is 165 cm³/mol. The molecule has 6 rings (SSSR count). The van der Waals surface area contributed by atoms with Gasteiger partial charge in [-0.2, -0.15) is 0 Å². The topological polar surface area (TPSA) is 50.9 Å². The van der Waals surface area contributed by atoms with E-state index >= 15 is 0 Å². The van der Waals surface area contributed by atoms with Crippen molar-refractivity contribution in [1.82, 2.24) is 14.5 Å². The second-order valence-electron chi connectivity index (χ2n) is 12.5. The molecular formula is C36H34N3OPt-. The average Bonchev–Trinajstić information content (AvgIpc) is 3.25. The molecule has 6 aromatic rings. The minimum atomic E-state index is -0.171. The molecule has 41 heavy (non-hydrogen) atoms. The third kappa shape index (κ3) is 5.22. The first kappa shape index (κ1) is 28.8. The largest absolute Gasteiger partial charge is 0.517 e. The molecule has 0 aliphatic rings. The molecule has 0 saturated carbocycles. The van der Waals surface area contributed by atoms with Crippen LogP contribution in [-0.4, -0.2) is 19.6 Å². The number of nitrogens with zero attached hydrogens (tertiary/aromatic N) is 3. The van der Waals surface area contributed by atoms with E-state index in [0.717, 1.165) is 55.7 Å². The predicted octanol–water partition coefficient (Wildman–Crippen LogP) is 9.01. The number of phenols is 1. The molecular weight excluding hydrogens is 685 g/mol. The summed E-state index contributed by atoms with van der Waals surface area (Å²) in [5, 5.41) is 13.2. The molecule has 3 aromatic heterocycles. The fourth-order valence-corrected chi connectivity index (χ4v) is 5.38. The number of fused-ring (bicyclic) bond motifs is 3. The first-order chi connectivity index (χ1) is 19.0. The van der Waals surface area contributed by atoms with Gasteiger partial charge in [-0.05, 0) is 63.7 Å². The zero-order valence-corrected chi connectivity index (χ0v) is 26.5. The minimum absolute atomic E-state index is 0. The molecule has 1 N–H and O–H groups in total. The van der Waals surface area contributed by atoms with Gasteiger partial charge in [0.05, 0.1) is 17.1 Å². The molecule has 3 heterocycles. The molecule has 0 spiro atoms. The molecule has 3 aromatic carbocycles. The van der Waals surface area contributed by atoms with Crippen molar-refractivity contribution in [3.63, 3.8) is 0 Å². The minimum Gasteiger partial charge on any atom is -0.517 e. The molecule has 0 bridgehead atoms. The van der Waals surface area contributed by atoms with Gasteiger partial charge < -0.3 is 9.67 Å². The van der Waals surface area contributed by atoms with E-state index in [4.69, 9.17) is 4.98 Å². The summed E-state index contributed by atoms with van der Waals surface area (Å²) in [5.74, 6) is 1.05. The smallest absolute Gasteiger partial charge is 0.136 e. The summed E-state index contributed by atoms with van der Waals surface area (Å²) in [7, 11) is 0. The number of phenolic OH excluding ortho intramolecular Hbond substituents is 1. The van der Waals surface area contributed by atoms with E-state index < -0.39 is 0 Å². The maximum Gasteiger partial charge on any atom is 0.136 e. The van der Waals surface area contributed by atoms with Gasteiger partial charge in [-0.25, -0.2) is 4.98 Å². The van der Waals surface area contributed by atoms with Crippen LogP contribution in [-0.2, 0) is 31.9 Å². The quantitative estimate of drug-likeness (QED) is 0.186. The summed E-state index contributed by atoms with van der Waals surface area (Å²) in [6.45, 7) is 13.4. The summed E-state index contributed by atoms with van der Waals surface area (Å²) in [5.41, 5.74) is 7.56. The third-order valence-electron chi connectivity index (χ3n) is 7.55. The number of aromatic nitrogens is 3. The molecule has 0 aliphatic carbocycles. The number of hydrogen-bond acceptors (Lipinski definition) is 3. The van der Waals surface area contributed by atoms with Gasteiger partial charge in [0.1, 0.15) is 5.82 Å². The summed E-state index contributed by atoms with van der Waals surface area (Å²) < 4.78 is 2.19. The van der Waals surface area contributed by atoms with Crippen molar-refractivity contribution in [2.75, 3.05) is 0 Å². The summed E-state index contributed by atoms with van der Waals surface area (Å²) in [6, 6.07) is 32.3. The van der Waals surface area contributed by atoms with E-state index in [0.29, 0.717) is 0 Å². The Bertz CT molecular complexity index is 1880. The second kappa shape index (κ2) is 10.6. The van der Waals surface area contributed by atoms with Crippen LogP contribution < -0.4 is 0 Å². The van der Waals surface area contributed by atoms with Gasteiger partial charge in [0.15, 0.2) is 0 Å². The summed E-state index contributed by atoms with van der Waals surface area (Å²) >= 11 is 0. The summed E-state index contributed by atoms with van der Waals surface area (Å²) in [6.07, 6.45) is 1.79. The van der Waals surface area contributed by atoms with Gasteiger partial charge in [-0.15, -0.1) is 23.3 Å². The molecule has 0 aliphatic heterocycles. The van der Waals surface area contributed by atoms with E-state index in [2.05, 4.69) is 81.4 Å². The van der Waals surface area contributed by atoms with Crippen molar-refractivity contribution in [2.24, 2.45) is 0 Å². The van der Waals surface area contributed by atoms with Crippen molar-refractivity contribution in [3.05, 3.63) is 108 Å². The van der Waals surface area contributed by atoms with E-state index in [9.17, 15) is 5.11 Å². The van der Waals surface area contributed by atoms with Crippen LogP contribution in [0.4, 0.5) is 0 Å². The van der Waals surface area contributed by atoms with Crippen molar-refractivity contribution < 1.29 is 26.2 Å². The van der Waals surface area contributed by atoms with Crippen LogP contribution in [0.5, 0.6) is 5.75 Å². The monoisotopic (exact) mass is 719 g/mol. The number of rotatable bonds is 3. The second-order valence-corrected chi connectivity index (χ2v) is 12.5. The average molecular weight is 720 g/mol. The van der Waals surface area contributed by atoms with Crippen LogP contribution in [0.1, 0.15) is 52.7 Å². The van der Waals surface area contributed by atoms with E-state index in [1.807, 2.05) is 54.6 Å². The van der Waals surface area contributed by atoms with Crippen LogP contribution in [0.25, 0.3) is 50.1 Å². The van der Waals surface area contributed by atoms with Gasteiger partial charge in [-0.1, -0.05) is 95.0 Å². The molecule has 0 fully saturated rings. The standard InChI is InChI=1S/C36H34N3O.Pt/c1-35(2,3)23-17-18-31-26(20-23)27-21-28(36(4,5)6)25(24-12-7-8-15-33(24)40)22-32(27)39(31)34-16-11-14-30(38-34)29-13-9-10-19-37-29;/h7-21,40H,1-6H3;/q-1;. The van der Waals surface area contributed by atoms with Crippen LogP contribution in [0.2, 0.25) is 0 Å². The van der Waals surface area contributed by atoms with E-state index in [1.54, 1.807) is 12.3 Å². The Morgan fingerprint density at radius 2 is 1.46 bits per heavy atom. The maximum absolute atomic E-state index is 10.9. The number of benzene rings is 3. The van der Waals surface area contributed by atoms with Crippen LogP contribution in [0.15, 0.2) is 91.1 Å². The van der Waals surface area contributed by atoms with Gasteiger partial charge in [0.25, 0.3) is 0 Å². The maximum atomic E-state index is 10.9. The SMILES string of the molecule is CC(C)(C)c1ccc2c(c1)c1cc(C(C)(C)C)c(-c3ccccc3O)[c-]c1n2-c1cccc(-c2ccccn2)n1.[Pt]. The van der Waals surface area contributed by atoms with Crippen molar-refractivity contribution in [1.29, 1.82) is 0 Å². The van der Waals surface area contributed by atoms with Crippen LogP contribution in [0, 0.1) is 6.07 Å². The molecule has 0 unspecified atom stereocenters. The Hall–Kier alpha value is -3.75. The third-order valence-corrected chi connectivity index (χ3v) is 7.55. The normalized spacial score (nSPS) is 12.0. The van der Waals surface area contributed by atoms with E-state index in [-0.39, 0.29) is 37.6 Å². The van der Waals surface area contributed by atoms with E-state index in [1.165, 1.54) is 5.56 Å². The fraction of sp³-hybridized carbons (Fsp3) is 0.222. The zero-order valence-electron chi connectivity index (χ0n) is 24.3. The Morgan fingerprint density at radius 3 is 2.15 bits per heavy atom. The molecule has 210 valence electrons. The summed E-state index contributed by atoms with van der Waals surface area (Å²) in [4.78, 5) is 9.61. The van der Waals surface area contributed by atoms with Crippen molar-refractivity contribution in [2.45, 2.75) is 52.4 Å². The van der Waals surface area contributed by atoms with Gasteiger partial charge in [-0.3, -0.25) is 4.98 Å². The Kier molecular flexibility index (Phi) is 7.42. The van der Waals surface area contributed by atoms with Crippen molar-refractivity contribution >= 4 is 21.8 Å². The number of pyridine rings is 2. The van der Waals surface area contributed by atoms with Crippen LogP contribution in [0.3, 0.4) is 0 Å². The molecule has 4 nitrogen and oxygen atoms in total. The Balaban J connectivity index is 0.00000337. The van der Waals surface area contributed by atoms with Crippen molar-refractivity contribution in [3.8, 4) is 34.1 Å². The molecule has 5 heteroatoms. The zero-order chi connectivity index (χ0) is 28.2. The number of hydrogen-bond donors (Lipinski definition) is 1. The Labute approximate surface area is 256 Å². The van der Waals surface area contributed by atoms with Crippen LogP contribution >= 0.6 is 0 Å². The van der Waals surface area contributed by atoms with Gasteiger partial charge in [0.2, 0.25) is 0 Å². The number of para-hydroxylation sites is 1. The molecule has 0 saturated heterocycles. The molecule has 0 amide bonds. The first-order valence-electron chi connectivity index (χ1n) is 13.7. The first-order valence-corrected chi connectivity index (χ1v) is 13.7.